The molecule has 0 spiro atoms. The highest BCUT2D eigenvalue weighted by atomic mass is 35.5. The Kier molecular flexibility index (Phi) is 5.95. The topological polar surface area (TPSA) is 56.9 Å². The molecule has 4 nitrogen and oxygen atoms in total. The minimum absolute atomic E-state index is 0.209. The van der Waals surface area contributed by atoms with E-state index < -0.39 is 11.7 Å². The molecular formula is C16H17ClF3N3OS. The van der Waals surface area contributed by atoms with Crippen LogP contribution >= 0.6 is 23.5 Å². The van der Waals surface area contributed by atoms with Gasteiger partial charge in [-0.25, -0.2) is 0 Å². The maximum atomic E-state index is 12.7. The highest BCUT2D eigenvalue weighted by Crippen LogP contribution is 2.37. The van der Waals surface area contributed by atoms with E-state index in [2.05, 4.69) is 15.0 Å². The monoisotopic (exact) mass is 391 g/mol. The van der Waals surface area contributed by atoms with Crippen molar-refractivity contribution < 1.29 is 18.0 Å². The molecule has 136 valence electrons. The molecule has 3 N–H and O–H groups in total. The molecule has 1 aromatic carbocycles. The predicted octanol–water partition coefficient (Wildman–Crippen LogP) is 5.17. The average molecular weight is 392 g/mol. The van der Waals surface area contributed by atoms with Gasteiger partial charge >= 0.3 is 6.18 Å². The van der Waals surface area contributed by atoms with Crippen LogP contribution in [-0.2, 0) is 6.18 Å². The Hall–Kier alpha value is -1.80. The van der Waals surface area contributed by atoms with E-state index in [0.29, 0.717) is 22.7 Å². The summed E-state index contributed by atoms with van der Waals surface area (Å²) in [5, 5.41) is 2.36. The molecule has 2 rings (SSSR count). The molecular weight excluding hydrogens is 375 g/mol. The van der Waals surface area contributed by atoms with Crippen LogP contribution in [0.5, 0.6) is 0 Å². The summed E-state index contributed by atoms with van der Waals surface area (Å²) in [6.45, 7) is 5.92. The van der Waals surface area contributed by atoms with Gasteiger partial charge in [0.05, 0.1) is 21.0 Å². The number of carbonyl (C=O) groups is 1. The third kappa shape index (κ3) is 4.43. The van der Waals surface area contributed by atoms with Gasteiger partial charge < -0.3 is 15.0 Å². The normalized spacial score (nSPS) is 11.5. The van der Waals surface area contributed by atoms with Crippen molar-refractivity contribution in [2.45, 2.75) is 31.8 Å². The molecule has 0 aliphatic carbocycles. The van der Waals surface area contributed by atoms with Crippen LogP contribution in [0.2, 0.25) is 5.02 Å². The van der Waals surface area contributed by atoms with E-state index >= 15 is 0 Å². The number of anilines is 1. The van der Waals surface area contributed by atoms with Gasteiger partial charge in [0.1, 0.15) is 0 Å². The maximum Gasteiger partial charge on any atom is 0.417 e. The highest BCUT2D eigenvalue weighted by molar-refractivity contribution is 8.00. The Bertz CT molecular complexity index is 790. The van der Waals surface area contributed by atoms with Crippen molar-refractivity contribution in [2.75, 3.05) is 11.3 Å². The van der Waals surface area contributed by atoms with E-state index in [-0.39, 0.29) is 10.9 Å². The van der Waals surface area contributed by atoms with Crippen molar-refractivity contribution in [3.63, 3.8) is 0 Å². The summed E-state index contributed by atoms with van der Waals surface area (Å²) >= 11 is 6.86. The molecule has 1 amide bonds. The van der Waals surface area contributed by atoms with Crippen molar-refractivity contribution in [1.82, 2.24) is 10.3 Å². The summed E-state index contributed by atoms with van der Waals surface area (Å²) in [6, 6.07) is 3.42. The second kappa shape index (κ2) is 7.61. The van der Waals surface area contributed by atoms with Crippen molar-refractivity contribution >= 4 is 35.1 Å². The van der Waals surface area contributed by atoms with E-state index in [0.717, 1.165) is 29.4 Å². The van der Waals surface area contributed by atoms with Crippen LogP contribution < -0.4 is 10.0 Å². The molecule has 0 radical (unpaired) electrons. The molecule has 1 heterocycles. The van der Waals surface area contributed by atoms with Crippen LogP contribution in [0.25, 0.3) is 0 Å². The van der Waals surface area contributed by atoms with E-state index in [9.17, 15) is 18.0 Å². The van der Waals surface area contributed by atoms with E-state index in [1.807, 2.05) is 13.8 Å². The molecule has 0 atom stereocenters. The number of aromatic nitrogens is 1. The summed E-state index contributed by atoms with van der Waals surface area (Å²) in [4.78, 5) is 16.0. The highest BCUT2D eigenvalue weighted by Gasteiger charge is 2.33. The van der Waals surface area contributed by atoms with Crippen LogP contribution in [0.3, 0.4) is 0 Å². The van der Waals surface area contributed by atoms with Crippen LogP contribution in [0, 0.1) is 13.8 Å². The third-order valence-electron chi connectivity index (χ3n) is 3.43. The first kappa shape index (κ1) is 19.5. The fraction of sp³-hybridized carbons (Fsp3) is 0.312. The number of hydrogen-bond donors (Lipinski definition) is 3. The Balaban J connectivity index is 2.22. The number of alkyl halides is 3. The zero-order valence-electron chi connectivity index (χ0n) is 13.8. The van der Waals surface area contributed by atoms with Gasteiger partial charge in [-0.05, 0) is 50.9 Å². The van der Waals surface area contributed by atoms with E-state index in [1.165, 1.54) is 12.1 Å². The van der Waals surface area contributed by atoms with Crippen molar-refractivity contribution in [1.29, 1.82) is 0 Å². The minimum Gasteiger partial charge on any atom is -0.361 e. The largest absolute Gasteiger partial charge is 0.417 e. The number of hydrogen-bond acceptors (Lipinski definition) is 3. The van der Waals surface area contributed by atoms with Gasteiger partial charge in [0.15, 0.2) is 0 Å². The molecule has 9 heteroatoms. The average Bonchev–Trinajstić information content (AvgIpc) is 2.78. The number of nitrogens with one attached hydrogen (secondary N) is 3. The lowest BCUT2D eigenvalue weighted by atomic mass is 10.2. The molecule has 1 aromatic heterocycles. The van der Waals surface area contributed by atoms with Crippen LogP contribution in [0.1, 0.15) is 34.2 Å². The quantitative estimate of drug-likeness (QED) is 0.616. The standard InChI is InChI=1S/C16H17ClF3N3OS/c1-4-21-15(24)13-8(2)22-9(3)14(13)25-23-10-5-6-11(12(17)7-10)16(18,19)20/h5-7,22-23H,4H2,1-3H3,(H,21,24). The van der Waals surface area contributed by atoms with Gasteiger partial charge in [-0.2, -0.15) is 13.2 Å². The molecule has 0 fully saturated rings. The lowest BCUT2D eigenvalue weighted by Crippen LogP contribution is -2.23. The lowest BCUT2D eigenvalue weighted by Gasteiger charge is -2.12. The molecule has 0 saturated heterocycles. The number of amides is 1. The number of aryl methyl sites for hydroxylation is 2. The molecule has 0 unspecified atom stereocenters. The Morgan fingerprint density at radius 2 is 1.96 bits per heavy atom. The summed E-state index contributed by atoms with van der Waals surface area (Å²) in [7, 11) is 0. The Labute approximate surface area is 152 Å². The molecule has 2 aromatic rings. The first-order chi connectivity index (χ1) is 11.6. The summed E-state index contributed by atoms with van der Waals surface area (Å²) in [6.07, 6.45) is -4.50. The first-order valence-corrected chi connectivity index (χ1v) is 8.61. The fourth-order valence-corrected chi connectivity index (χ4v) is 3.51. The predicted molar refractivity (Wildman–Crippen MR) is 94.2 cm³/mol. The smallest absolute Gasteiger partial charge is 0.361 e. The lowest BCUT2D eigenvalue weighted by molar-refractivity contribution is -0.137. The van der Waals surface area contributed by atoms with E-state index in [4.69, 9.17) is 11.6 Å². The summed E-state index contributed by atoms with van der Waals surface area (Å²) < 4.78 is 41.2. The first-order valence-electron chi connectivity index (χ1n) is 7.42. The maximum absolute atomic E-state index is 12.7. The van der Waals surface area contributed by atoms with Gasteiger partial charge in [0.2, 0.25) is 0 Å². The van der Waals surface area contributed by atoms with Crippen molar-refractivity contribution in [2.24, 2.45) is 0 Å². The van der Waals surface area contributed by atoms with Gasteiger partial charge in [-0.15, -0.1) is 0 Å². The van der Waals surface area contributed by atoms with Gasteiger partial charge in [0.25, 0.3) is 5.91 Å². The van der Waals surface area contributed by atoms with Gasteiger partial charge in [0, 0.05) is 23.6 Å². The van der Waals surface area contributed by atoms with E-state index in [1.54, 1.807) is 6.92 Å². The van der Waals surface area contributed by atoms with Crippen molar-refractivity contribution in [3.8, 4) is 0 Å². The molecule has 25 heavy (non-hydrogen) atoms. The second-order valence-electron chi connectivity index (χ2n) is 5.34. The molecule has 0 bridgehead atoms. The van der Waals surface area contributed by atoms with Crippen LogP contribution in [0.4, 0.5) is 18.9 Å². The summed E-state index contributed by atoms with van der Waals surface area (Å²) in [5.74, 6) is -0.209. The number of halogens is 4. The van der Waals surface area contributed by atoms with Gasteiger partial charge in [-0.3, -0.25) is 4.79 Å². The van der Waals surface area contributed by atoms with Crippen LogP contribution in [-0.4, -0.2) is 17.4 Å². The van der Waals surface area contributed by atoms with Crippen LogP contribution in [0.15, 0.2) is 23.1 Å². The van der Waals surface area contributed by atoms with Gasteiger partial charge in [-0.1, -0.05) is 11.6 Å². The molecule has 0 aliphatic heterocycles. The number of H-pyrrole nitrogens is 1. The fourth-order valence-electron chi connectivity index (χ4n) is 2.33. The number of rotatable bonds is 5. The number of carbonyl (C=O) groups excluding carboxylic acids is 1. The Morgan fingerprint density at radius 3 is 2.52 bits per heavy atom. The third-order valence-corrected chi connectivity index (χ3v) is 4.79. The Morgan fingerprint density at radius 1 is 1.28 bits per heavy atom. The molecule has 0 saturated carbocycles. The summed E-state index contributed by atoms with van der Waals surface area (Å²) in [5.41, 5.74) is 1.53. The zero-order chi connectivity index (χ0) is 18.8. The van der Waals surface area contributed by atoms with Crippen molar-refractivity contribution in [3.05, 3.63) is 45.7 Å². The minimum atomic E-state index is -4.50. The molecule has 0 aliphatic rings. The number of benzene rings is 1. The zero-order valence-corrected chi connectivity index (χ0v) is 15.3. The number of aromatic amines is 1. The second-order valence-corrected chi connectivity index (χ2v) is 6.56. The SMILES string of the molecule is CCNC(=O)c1c(C)[nH]c(C)c1SNc1ccc(C(F)(F)F)c(Cl)c1.